The lowest BCUT2D eigenvalue weighted by Crippen LogP contribution is -2.14. The highest BCUT2D eigenvalue weighted by atomic mass is 32.1. The molecule has 0 aliphatic heterocycles. The SMILES string of the molecule is COc1ccc(-c2cc3sc4cc(-c5ccc(C)cc5)c5cc6c(cc5c4c3c3cc4c(cc23)-c2ccccc2C4(C)C)C(C)(C)c2ccccc2-6)cc1. The van der Waals surface area contributed by atoms with Crippen LogP contribution in [0.4, 0.5) is 0 Å². The molecule has 1 nitrogen and oxygen atoms in total. The van der Waals surface area contributed by atoms with E-state index in [0.717, 1.165) is 5.75 Å². The lowest BCUT2D eigenvalue weighted by atomic mass is 9.80. The van der Waals surface area contributed by atoms with Gasteiger partial charge in [0.05, 0.1) is 7.11 Å². The summed E-state index contributed by atoms with van der Waals surface area (Å²) in [6.45, 7) is 11.8. The Morgan fingerprint density at radius 2 is 0.870 bits per heavy atom. The Labute approximate surface area is 320 Å². The van der Waals surface area contributed by atoms with E-state index >= 15 is 0 Å². The van der Waals surface area contributed by atoms with Gasteiger partial charge in [0.25, 0.3) is 0 Å². The van der Waals surface area contributed by atoms with Crippen LogP contribution in [0.2, 0.25) is 0 Å². The molecule has 1 heterocycles. The van der Waals surface area contributed by atoms with Gasteiger partial charge in [-0.1, -0.05) is 118 Å². The van der Waals surface area contributed by atoms with Crippen molar-refractivity contribution in [1.29, 1.82) is 0 Å². The Morgan fingerprint density at radius 3 is 1.33 bits per heavy atom. The average molecular weight is 713 g/mol. The summed E-state index contributed by atoms with van der Waals surface area (Å²) in [5.74, 6) is 0.871. The molecule has 0 saturated carbocycles. The van der Waals surface area contributed by atoms with Crippen LogP contribution in [0.25, 0.3) is 86.2 Å². The van der Waals surface area contributed by atoms with Gasteiger partial charge in [-0.2, -0.15) is 0 Å². The number of hydrogen-bond acceptors (Lipinski definition) is 2. The van der Waals surface area contributed by atoms with Crippen molar-refractivity contribution in [3.05, 3.63) is 161 Å². The summed E-state index contributed by atoms with van der Waals surface area (Å²) in [5, 5.41) is 8.02. The number of methoxy groups -OCH3 is 1. The third-order valence-electron chi connectivity index (χ3n) is 12.8. The van der Waals surface area contributed by atoms with Crippen LogP contribution >= 0.6 is 11.3 Å². The summed E-state index contributed by atoms with van der Waals surface area (Å²) in [5.41, 5.74) is 17.1. The maximum Gasteiger partial charge on any atom is 0.118 e. The Morgan fingerprint density at radius 1 is 0.426 bits per heavy atom. The maximum atomic E-state index is 5.59. The van der Waals surface area contributed by atoms with Crippen molar-refractivity contribution < 1.29 is 4.74 Å². The van der Waals surface area contributed by atoms with Gasteiger partial charge in [-0.15, -0.1) is 11.3 Å². The first-order valence-corrected chi connectivity index (χ1v) is 19.8. The standard InChI is InChI=1S/C52H40OS/c1-29-15-17-30(18-16-29)35-27-47-49(41-25-45-39(23-37(35)41)33-11-7-9-13-43(33)51(45,2)3)50-42-26-46-40(34-12-8-10-14-44(34)52(46,4)5)24-38(42)36(28-48(50)54-47)31-19-21-32(53-6)22-20-31/h7-28H,1-6H3. The van der Waals surface area contributed by atoms with E-state index < -0.39 is 0 Å². The molecule has 260 valence electrons. The molecular weight excluding hydrogens is 673 g/mol. The highest BCUT2D eigenvalue weighted by Gasteiger charge is 2.38. The normalized spacial score (nSPS) is 14.8. The summed E-state index contributed by atoms with van der Waals surface area (Å²) in [7, 11) is 1.74. The van der Waals surface area contributed by atoms with Gasteiger partial charge in [-0.05, 0) is 144 Å². The van der Waals surface area contributed by atoms with Crippen LogP contribution in [0, 0.1) is 6.92 Å². The number of rotatable bonds is 3. The van der Waals surface area contributed by atoms with E-state index in [0.29, 0.717) is 0 Å². The van der Waals surface area contributed by atoms with Crippen molar-refractivity contribution >= 4 is 53.1 Å². The Bertz CT molecular complexity index is 3060. The molecular formula is C52H40OS. The minimum atomic E-state index is -0.105. The molecule has 0 saturated heterocycles. The zero-order chi connectivity index (χ0) is 36.7. The first-order chi connectivity index (χ1) is 26.1. The molecule has 0 fully saturated rings. The van der Waals surface area contributed by atoms with Gasteiger partial charge in [0, 0.05) is 31.0 Å². The first-order valence-electron chi connectivity index (χ1n) is 19.0. The Kier molecular flexibility index (Phi) is 6.44. The number of aryl methyl sites for hydroxylation is 1. The lowest BCUT2D eigenvalue weighted by molar-refractivity contribution is 0.415. The molecule has 0 N–H and O–H groups in total. The number of thiophene rings is 1. The van der Waals surface area contributed by atoms with E-state index in [1.54, 1.807) is 7.11 Å². The maximum absolute atomic E-state index is 5.59. The number of fused-ring (bicyclic) bond motifs is 13. The van der Waals surface area contributed by atoms with E-state index in [4.69, 9.17) is 4.74 Å². The van der Waals surface area contributed by atoms with Crippen molar-refractivity contribution in [2.24, 2.45) is 0 Å². The molecule has 1 aromatic heterocycles. The van der Waals surface area contributed by atoms with Crippen LogP contribution in [-0.4, -0.2) is 7.11 Å². The van der Waals surface area contributed by atoms with Crippen molar-refractivity contribution in [3.8, 4) is 50.3 Å². The second-order valence-electron chi connectivity index (χ2n) is 16.5. The molecule has 9 aromatic rings. The second-order valence-corrected chi connectivity index (χ2v) is 17.6. The lowest BCUT2D eigenvalue weighted by Gasteiger charge is -2.23. The second kappa shape index (κ2) is 10.9. The van der Waals surface area contributed by atoms with Crippen molar-refractivity contribution in [2.45, 2.75) is 45.4 Å². The van der Waals surface area contributed by atoms with E-state index in [1.807, 2.05) is 11.3 Å². The van der Waals surface area contributed by atoms with Crippen LogP contribution in [0.15, 0.2) is 133 Å². The van der Waals surface area contributed by atoms with Crippen molar-refractivity contribution in [2.75, 3.05) is 7.11 Å². The minimum Gasteiger partial charge on any atom is -0.497 e. The predicted molar refractivity (Wildman–Crippen MR) is 232 cm³/mol. The molecule has 2 heteroatoms. The van der Waals surface area contributed by atoms with E-state index in [2.05, 4.69) is 168 Å². The third-order valence-corrected chi connectivity index (χ3v) is 13.9. The van der Waals surface area contributed by atoms with Gasteiger partial charge >= 0.3 is 0 Å². The largest absolute Gasteiger partial charge is 0.497 e. The zero-order valence-electron chi connectivity index (χ0n) is 31.5. The summed E-state index contributed by atoms with van der Waals surface area (Å²) in [6.07, 6.45) is 0. The summed E-state index contributed by atoms with van der Waals surface area (Å²) in [4.78, 5) is 0. The molecule has 54 heavy (non-hydrogen) atoms. The third kappa shape index (κ3) is 4.21. The van der Waals surface area contributed by atoms with Crippen molar-refractivity contribution in [1.82, 2.24) is 0 Å². The molecule has 2 aliphatic rings. The molecule has 0 bridgehead atoms. The van der Waals surface area contributed by atoms with E-state index in [-0.39, 0.29) is 10.8 Å². The zero-order valence-corrected chi connectivity index (χ0v) is 32.3. The van der Waals surface area contributed by atoms with Gasteiger partial charge in [0.2, 0.25) is 0 Å². The molecule has 11 rings (SSSR count). The quantitative estimate of drug-likeness (QED) is 0.177. The first kappa shape index (κ1) is 31.8. The number of ether oxygens (including phenoxy) is 1. The van der Waals surface area contributed by atoms with Crippen molar-refractivity contribution in [3.63, 3.8) is 0 Å². The number of benzene rings is 8. The molecule has 0 radical (unpaired) electrons. The average Bonchev–Trinajstić information content (AvgIpc) is 3.76. The molecule has 0 unspecified atom stereocenters. The van der Waals surface area contributed by atoms with Crippen LogP contribution in [-0.2, 0) is 10.8 Å². The van der Waals surface area contributed by atoms with Crippen LogP contribution < -0.4 is 4.74 Å². The monoisotopic (exact) mass is 712 g/mol. The van der Waals surface area contributed by atoms with Gasteiger partial charge in [-0.25, -0.2) is 0 Å². The van der Waals surface area contributed by atoms with E-state index in [9.17, 15) is 0 Å². The molecule has 0 atom stereocenters. The van der Waals surface area contributed by atoms with Gasteiger partial charge < -0.3 is 4.74 Å². The summed E-state index contributed by atoms with van der Waals surface area (Å²) >= 11 is 1.94. The van der Waals surface area contributed by atoms with E-state index in [1.165, 1.54) is 114 Å². The fourth-order valence-electron chi connectivity index (χ4n) is 9.96. The minimum absolute atomic E-state index is 0.0989. The Balaban J connectivity index is 1.32. The summed E-state index contributed by atoms with van der Waals surface area (Å²) < 4.78 is 8.24. The van der Waals surface area contributed by atoms with Crippen LogP contribution in [0.1, 0.15) is 55.5 Å². The highest BCUT2D eigenvalue weighted by Crippen LogP contribution is 2.56. The predicted octanol–water partition coefficient (Wildman–Crippen LogP) is 14.6. The summed E-state index contributed by atoms with van der Waals surface area (Å²) in [6, 6.07) is 50.8. The highest BCUT2D eigenvalue weighted by molar-refractivity contribution is 7.26. The van der Waals surface area contributed by atoms with Gasteiger partial charge in [0.1, 0.15) is 5.75 Å². The fraction of sp³-hybridized carbons (Fsp3) is 0.154. The van der Waals surface area contributed by atoms with Crippen LogP contribution in [0.5, 0.6) is 5.75 Å². The molecule has 2 aliphatic carbocycles. The molecule has 8 aromatic carbocycles. The number of hydrogen-bond donors (Lipinski definition) is 0. The molecule has 0 amide bonds. The van der Waals surface area contributed by atoms with Crippen LogP contribution in [0.3, 0.4) is 0 Å². The Hall–Kier alpha value is -5.70. The topological polar surface area (TPSA) is 9.23 Å². The smallest absolute Gasteiger partial charge is 0.118 e. The fourth-order valence-corrected chi connectivity index (χ4v) is 11.2. The van der Waals surface area contributed by atoms with Gasteiger partial charge in [-0.3, -0.25) is 0 Å². The molecule has 0 spiro atoms. The van der Waals surface area contributed by atoms with Gasteiger partial charge in [0.15, 0.2) is 0 Å².